The van der Waals surface area contributed by atoms with E-state index in [1.807, 2.05) is 51.1 Å². The summed E-state index contributed by atoms with van der Waals surface area (Å²) < 4.78 is 5.58. The first kappa shape index (κ1) is 20.5. The first-order valence-electron chi connectivity index (χ1n) is 10.2. The molecule has 0 aliphatic carbocycles. The lowest BCUT2D eigenvalue weighted by molar-refractivity contribution is 0.0242. The van der Waals surface area contributed by atoms with Crippen molar-refractivity contribution in [3.05, 3.63) is 70.9 Å². The molecule has 2 aromatic carbocycles. The molecular weight excluding hydrogens is 390 g/mol. The van der Waals surface area contributed by atoms with Crippen molar-refractivity contribution in [1.82, 2.24) is 15.1 Å². The third-order valence-electron chi connectivity index (χ3n) is 5.07. The van der Waals surface area contributed by atoms with Gasteiger partial charge in [-0.2, -0.15) is 10.4 Å². The van der Waals surface area contributed by atoms with Crippen molar-refractivity contribution in [2.75, 3.05) is 5.32 Å². The van der Waals surface area contributed by atoms with E-state index in [-0.39, 0.29) is 6.09 Å². The zero-order chi connectivity index (χ0) is 22.0. The van der Waals surface area contributed by atoms with Crippen LogP contribution >= 0.6 is 0 Å². The summed E-state index contributed by atoms with van der Waals surface area (Å²) in [7, 11) is 0. The van der Waals surface area contributed by atoms with Gasteiger partial charge < -0.3 is 10.1 Å². The first-order chi connectivity index (χ1) is 14.8. The molecule has 1 aliphatic heterocycles. The van der Waals surface area contributed by atoms with Gasteiger partial charge in [0.15, 0.2) is 0 Å². The molecule has 158 valence electrons. The van der Waals surface area contributed by atoms with Gasteiger partial charge in [0.2, 0.25) is 0 Å². The van der Waals surface area contributed by atoms with Crippen LogP contribution in [0, 0.1) is 11.3 Å². The van der Waals surface area contributed by atoms with Gasteiger partial charge in [0, 0.05) is 13.1 Å². The largest absolute Gasteiger partial charge is 0.444 e. The lowest BCUT2D eigenvalue weighted by Gasteiger charge is -2.24. The summed E-state index contributed by atoms with van der Waals surface area (Å²) in [4.78, 5) is 14.4. The molecule has 2 N–H and O–H groups in total. The third kappa shape index (κ3) is 4.69. The Bertz CT molecular complexity index is 1120. The zero-order valence-electron chi connectivity index (χ0n) is 17.9. The maximum Gasteiger partial charge on any atom is 0.410 e. The molecule has 1 amide bonds. The highest BCUT2D eigenvalue weighted by molar-refractivity contribution is 5.75. The highest BCUT2D eigenvalue weighted by atomic mass is 16.6. The number of carbonyl (C=O) groups is 1. The highest BCUT2D eigenvalue weighted by Crippen LogP contribution is 2.35. The number of rotatable bonds is 4. The Hall–Kier alpha value is -3.79. The number of aromatic amines is 1. The molecule has 0 saturated carbocycles. The summed E-state index contributed by atoms with van der Waals surface area (Å²) in [5.41, 5.74) is 5.47. The Morgan fingerprint density at radius 2 is 2.00 bits per heavy atom. The number of nitrogens with zero attached hydrogens (tertiary/aromatic N) is 3. The van der Waals surface area contributed by atoms with E-state index in [4.69, 9.17) is 10.00 Å². The number of carbonyl (C=O) groups excluding carboxylic acids is 1. The van der Waals surface area contributed by atoms with Gasteiger partial charge in [0.05, 0.1) is 24.4 Å². The molecule has 7 heteroatoms. The van der Waals surface area contributed by atoms with Gasteiger partial charge in [-0.1, -0.05) is 18.2 Å². The standard InChI is InChI=1S/C24H25N5O2/c1-24(2,3)31-23(30)29-14-19-10-17(13-26-22-8-9-27-28-22)11-20(21(19)15-29)18-6-4-16(12-25)5-7-18/h4-11H,13-15H2,1-3H3,(H2,26,27,28). The monoisotopic (exact) mass is 415 g/mol. The fraction of sp³-hybridized carbons (Fsp3) is 0.292. The SMILES string of the molecule is CC(C)(C)OC(=O)N1Cc2cc(CNc3ccn[nH]3)cc(-c3ccc(C#N)cc3)c2C1. The molecule has 0 fully saturated rings. The van der Waals surface area contributed by atoms with Crippen molar-refractivity contribution in [1.29, 1.82) is 5.26 Å². The lowest BCUT2D eigenvalue weighted by atomic mass is 9.94. The third-order valence-corrected chi connectivity index (χ3v) is 5.07. The Balaban J connectivity index is 1.66. The van der Waals surface area contributed by atoms with E-state index in [0.717, 1.165) is 33.6 Å². The minimum absolute atomic E-state index is 0.313. The number of amides is 1. The van der Waals surface area contributed by atoms with E-state index in [9.17, 15) is 4.79 Å². The van der Waals surface area contributed by atoms with E-state index < -0.39 is 5.60 Å². The summed E-state index contributed by atoms with van der Waals surface area (Å²) in [5, 5.41) is 19.3. The number of hydrogen-bond donors (Lipinski definition) is 2. The van der Waals surface area contributed by atoms with E-state index in [2.05, 4.69) is 33.7 Å². The van der Waals surface area contributed by atoms with Crippen LogP contribution in [0.3, 0.4) is 0 Å². The molecule has 1 aromatic heterocycles. The van der Waals surface area contributed by atoms with Crippen LogP contribution in [0.15, 0.2) is 48.7 Å². The van der Waals surface area contributed by atoms with Crippen molar-refractivity contribution < 1.29 is 9.53 Å². The summed E-state index contributed by atoms with van der Waals surface area (Å²) in [6.45, 7) is 7.23. The molecule has 31 heavy (non-hydrogen) atoms. The predicted molar refractivity (Wildman–Crippen MR) is 118 cm³/mol. The Morgan fingerprint density at radius 3 is 2.65 bits per heavy atom. The fourth-order valence-corrected chi connectivity index (χ4v) is 3.67. The van der Waals surface area contributed by atoms with Crippen LogP contribution < -0.4 is 5.32 Å². The van der Waals surface area contributed by atoms with Crippen LogP contribution in [0.5, 0.6) is 0 Å². The molecule has 2 heterocycles. The molecule has 0 radical (unpaired) electrons. The number of hydrogen-bond acceptors (Lipinski definition) is 5. The minimum Gasteiger partial charge on any atom is -0.444 e. The minimum atomic E-state index is -0.541. The number of H-pyrrole nitrogens is 1. The number of fused-ring (bicyclic) bond motifs is 1. The summed E-state index contributed by atoms with van der Waals surface area (Å²) in [6.07, 6.45) is 1.39. The van der Waals surface area contributed by atoms with Gasteiger partial charge in [-0.05, 0) is 72.9 Å². The molecule has 3 aromatic rings. The second-order valence-electron chi connectivity index (χ2n) is 8.63. The average Bonchev–Trinajstić information content (AvgIpc) is 3.40. The smallest absolute Gasteiger partial charge is 0.410 e. The number of benzene rings is 2. The van der Waals surface area contributed by atoms with Crippen molar-refractivity contribution >= 4 is 11.9 Å². The van der Waals surface area contributed by atoms with Gasteiger partial charge in [0.25, 0.3) is 0 Å². The number of aromatic nitrogens is 2. The van der Waals surface area contributed by atoms with Crippen LogP contribution in [-0.4, -0.2) is 26.8 Å². The molecule has 0 spiro atoms. The van der Waals surface area contributed by atoms with Gasteiger partial charge in [-0.15, -0.1) is 0 Å². The van der Waals surface area contributed by atoms with Gasteiger partial charge in [-0.25, -0.2) is 4.79 Å². The fourth-order valence-electron chi connectivity index (χ4n) is 3.67. The maximum absolute atomic E-state index is 12.7. The molecule has 0 unspecified atom stereocenters. The second kappa shape index (κ2) is 8.15. The average molecular weight is 415 g/mol. The second-order valence-corrected chi connectivity index (χ2v) is 8.63. The number of nitrogens with one attached hydrogen (secondary N) is 2. The number of anilines is 1. The number of ether oxygens (including phenoxy) is 1. The van der Waals surface area contributed by atoms with E-state index in [1.54, 1.807) is 11.1 Å². The molecule has 1 aliphatic rings. The van der Waals surface area contributed by atoms with Gasteiger partial charge in [0.1, 0.15) is 11.4 Å². The summed E-state index contributed by atoms with van der Waals surface area (Å²) in [5.74, 6) is 0.843. The van der Waals surface area contributed by atoms with E-state index >= 15 is 0 Å². The first-order valence-corrected chi connectivity index (χ1v) is 10.2. The van der Waals surface area contributed by atoms with Crippen molar-refractivity contribution in [3.63, 3.8) is 0 Å². The van der Waals surface area contributed by atoms with Crippen LogP contribution in [0.1, 0.15) is 43.0 Å². The Kier molecular flexibility index (Phi) is 5.38. The number of nitriles is 1. The quantitative estimate of drug-likeness (QED) is 0.638. The van der Waals surface area contributed by atoms with Crippen LogP contribution in [0.2, 0.25) is 0 Å². The molecular formula is C24H25N5O2. The van der Waals surface area contributed by atoms with Crippen LogP contribution in [0.4, 0.5) is 10.6 Å². The topological polar surface area (TPSA) is 94.0 Å². The molecule has 7 nitrogen and oxygen atoms in total. The van der Waals surface area contributed by atoms with E-state index in [0.29, 0.717) is 25.2 Å². The van der Waals surface area contributed by atoms with Crippen molar-refractivity contribution in [3.8, 4) is 17.2 Å². The maximum atomic E-state index is 12.7. The van der Waals surface area contributed by atoms with Crippen molar-refractivity contribution in [2.24, 2.45) is 0 Å². The Morgan fingerprint density at radius 1 is 1.23 bits per heavy atom. The summed E-state index contributed by atoms with van der Waals surface area (Å²) >= 11 is 0. The zero-order valence-corrected chi connectivity index (χ0v) is 17.9. The predicted octanol–water partition coefficient (Wildman–Crippen LogP) is 4.81. The van der Waals surface area contributed by atoms with Gasteiger partial charge >= 0.3 is 6.09 Å². The molecule has 0 atom stereocenters. The van der Waals surface area contributed by atoms with Crippen LogP contribution in [0.25, 0.3) is 11.1 Å². The molecule has 0 bridgehead atoms. The highest BCUT2D eigenvalue weighted by Gasteiger charge is 2.30. The van der Waals surface area contributed by atoms with Crippen LogP contribution in [-0.2, 0) is 24.4 Å². The van der Waals surface area contributed by atoms with Crippen molar-refractivity contribution in [2.45, 2.75) is 46.0 Å². The Labute approximate surface area is 181 Å². The van der Waals surface area contributed by atoms with Gasteiger partial charge in [-0.3, -0.25) is 10.00 Å². The normalized spacial score (nSPS) is 12.9. The molecule has 0 saturated heterocycles. The lowest BCUT2D eigenvalue weighted by Crippen LogP contribution is -2.33. The molecule has 4 rings (SSSR count). The summed E-state index contributed by atoms with van der Waals surface area (Å²) in [6, 6.07) is 15.9. The van der Waals surface area contributed by atoms with E-state index in [1.165, 1.54) is 0 Å².